The van der Waals surface area contributed by atoms with Crippen LogP contribution in [0.15, 0.2) is 36.4 Å². The summed E-state index contributed by atoms with van der Waals surface area (Å²) in [6.07, 6.45) is 0.731. The third-order valence-corrected chi connectivity index (χ3v) is 5.21. The molecule has 1 atom stereocenters. The Balaban J connectivity index is 2.31. The molecule has 106 valence electrons. The molecule has 4 heteroatoms. The molecule has 0 aromatic heterocycles. The Hall–Kier alpha value is -0.650. The van der Waals surface area contributed by atoms with E-state index in [0.717, 1.165) is 12.0 Å². The third-order valence-electron chi connectivity index (χ3n) is 3.38. The molecule has 0 amide bonds. The summed E-state index contributed by atoms with van der Waals surface area (Å²) in [6, 6.07) is 11.0. The van der Waals surface area contributed by atoms with Gasteiger partial charge in [0.05, 0.1) is 0 Å². The summed E-state index contributed by atoms with van der Waals surface area (Å²) in [5.74, 6) is -0.301. The van der Waals surface area contributed by atoms with E-state index in [4.69, 9.17) is 11.6 Å². The molecule has 2 aromatic carbocycles. The number of aryl methyl sites for hydroxylation is 1. The first kappa shape index (κ1) is 15.7. The molecule has 2 aromatic rings. The molecule has 0 saturated heterocycles. The van der Waals surface area contributed by atoms with Gasteiger partial charge in [0.15, 0.2) is 0 Å². The summed E-state index contributed by atoms with van der Waals surface area (Å²) in [5.41, 5.74) is 3.45. The van der Waals surface area contributed by atoms with Crippen molar-refractivity contribution in [3.8, 4) is 0 Å². The first-order valence-corrected chi connectivity index (χ1v) is 7.84. The highest BCUT2D eigenvalue weighted by molar-refractivity contribution is 14.1. The topological polar surface area (TPSA) is 12.0 Å². The van der Waals surface area contributed by atoms with E-state index in [1.54, 1.807) is 6.07 Å². The molecule has 0 fully saturated rings. The van der Waals surface area contributed by atoms with Gasteiger partial charge in [-0.3, -0.25) is 0 Å². The number of hydrogen-bond donors (Lipinski definition) is 1. The molecule has 1 unspecified atom stereocenters. The summed E-state index contributed by atoms with van der Waals surface area (Å²) in [7, 11) is 1.93. The zero-order chi connectivity index (χ0) is 14.7. The van der Waals surface area contributed by atoms with Crippen molar-refractivity contribution in [2.45, 2.75) is 19.4 Å². The van der Waals surface area contributed by atoms with Gasteiger partial charge in [0, 0.05) is 14.6 Å². The van der Waals surface area contributed by atoms with Crippen molar-refractivity contribution in [3.63, 3.8) is 0 Å². The molecule has 0 saturated carbocycles. The number of likely N-dealkylation sites (N-methyl/N-ethyl adjacent to an activating group) is 1. The van der Waals surface area contributed by atoms with Crippen LogP contribution in [-0.4, -0.2) is 7.05 Å². The zero-order valence-electron chi connectivity index (χ0n) is 11.4. The quantitative estimate of drug-likeness (QED) is 0.716. The van der Waals surface area contributed by atoms with Gasteiger partial charge in [0.2, 0.25) is 0 Å². The van der Waals surface area contributed by atoms with E-state index in [1.165, 1.54) is 26.8 Å². The fourth-order valence-corrected chi connectivity index (χ4v) is 3.19. The highest BCUT2D eigenvalue weighted by Gasteiger charge is 2.16. The Morgan fingerprint density at radius 2 is 2.05 bits per heavy atom. The average molecular weight is 404 g/mol. The molecule has 1 nitrogen and oxygen atoms in total. The molecule has 0 aliphatic heterocycles. The highest BCUT2D eigenvalue weighted by atomic mass is 127. The minimum absolute atomic E-state index is 0.157. The molecular formula is C16H16ClFIN. The summed E-state index contributed by atoms with van der Waals surface area (Å²) in [4.78, 5) is 0. The maximum absolute atomic E-state index is 13.1. The summed E-state index contributed by atoms with van der Waals surface area (Å²) in [6.45, 7) is 2.10. The first-order chi connectivity index (χ1) is 9.52. The number of nitrogens with one attached hydrogen (secondary N) is 1. The third kappa shape index (κ3) is 3.51. The lowest BCUT2D eigenvalue weighted by atomic mass is 9.97. The van der Waals surface area contributed by atoms with Crippen molar-refractivity contribution in [3.05, 3.63) is 67.5 Å². The van der Waals surface area contributed by atoms with Crippen LogP contribution >= 0.6 is 34.2 Å². The van der Waals surface area contributed by atoms with E-state index in [-0.39, 0.29) is 11.9 Å². The van der Waals surface area contributed by atoms with Crippen LogP contribution in [0.3, 0.4) is 0 Å². The van der Waals surface area contributed by atoms with Gasteiger partial charge in [-0.15, -0.1) is 0 Å². The molecule has 0 aliphatic carbocycles. The highest BCUT2D eigenvalue weighted by Crippen LogP contribution is 2.28. The number of halogens is 3. The van der Waals surface area contributed by atoms with Crippen LogP contribution in [-0.2, 0) is 6.42 Å². The van der Waals surface area contributed by atoms with Gasteiger partial charge in [-0.25, -0.2) is 4.39 Å². The lowest BCUT2D eigenvalue weighted by molar-refractivity contribution is 0.586. The van der Waals surface area contributed by atoms with E-state index in [9.17, 15) is 4.39 Å². The lowest BCUT2D eigenvalue weighted by Gasteiger charge is -2.20. The van der Waals surface area contributed by atoms with Gasteiger partial charge < -0.3 is 5.32 Å². The van der Waals surface area contributed by atoms with Crippen LogP contribution in [0.4, 0.5) is 4.39 Å². The zero-order valence-corrected chi connectivity index (χ0v) is 14.3. The van der Waals surface area contributed by atoms with Crippen molar-refractivity contribution >= 4 is 34.2 Å². The fraction of sp³-hybridized carbons (Fsp3) is 0.250. The molecule has 2 rings (SSSR count). The fourth-order valence-electron chi connectivity index (χ4n) is 2.21. The minimum Gasteiger partial charge on any atom is -0.313 e. The molecule has 0 heterocycles. The molecular weight excluding hydrogens is 388 g/mol. The van der Waals surface area contributed by atoms with E-state index >= 15 is 0 Å². The van der Waals surface area contributed by atoms with Gasteiger partial charge >= 0.3 is 0 Å². The number of rotatable bonds is 4. The Morgan fingerprint density at radius 3 is 2.70 bits per heavy atom. The van der Waals surface area contributed by atoms with Gasteiger partial charge in [0.25, 0.3) is 0 Å². The summed E-state index contributed by atoms with van der Waals surface area (Å²) < 4.78 is 14.4. The second-order valence-electron chi connectivity index (χ2n) is 4.76. The molecule has 20 heavy (non-hydrogen) atoms. The van der Waals surface area contributed by atoms with Crippen LogP contribution in [0, 0.1) is 16.3 Å². The average Bonchev–Trinajstić information content (AvgIpc) is 2.42. The van der Waals surface area contributed by atoms with Gasteiger partial charge in [0.1, 0.15) is 5.82 Å². The molecule has 0 bridgehead atoms. The summed E-state index contributed by atoms with van der Waals surface area (Å²) in [5, 5.41) is 3.80. The maximum Gasteiger partial charge on any atom is 0.124 e. The normalized spacial score (nSPS) is 12.4. The van der Waals surface area contributed by atoms with E-state index in [2.05, 4.69) is 53.0 Å². The lowest BCUT2D eigenvalue weighted by Crippen LogP contribution is -2.20. The standard InChI is InChI=1S/C16H16ClFIN/c1-10-4-3-5-13(16(10)19)15(20-2)8-11-6-7-12(18)9-14(11)17/h3-7,9,15,20H,8H2,1-2H3. The van der Waals surface area contributed by atoms with Gasteiger partial charge in [-0.2, -0.15) is 0 Å². The van der Waals surface area contributed by atoms with Gasteiger partial charge in [-0.05, 0) is 71.8 Å². The number of benzene rings is 2. The molecule has 0 radical (unpaired) electrons. The minimum atomic E-state index is -0.301. The maximum atomic E-state index is 13.1. The predicted molar refractivity (Wildman–Crippen MR) is 90.8 cm³/mol. The van der Waals surface area contributed by atoms with Crippen LogP contribution in [0.2, 0.25) is 5.02 Å². The Labute approximate surface area is 137 Å². The summed E-state index contributed by atoms with van der Waals surface area (Å²) >= 11 is 8.49. The molecule has 0 spiro atoms. The van der Waals surface area contributed by atoms with Crippen LogP contribution in [0.25, 0.3) is 0 Å². The second kappa shape index (κ2) is 6.87. The van der Waals surface area contributed by atoms with E-state index in [1.807, 2.05) is 7.05 Å². The van der Waals surface area contributed by atoms with Crippen LogP contribution in [0.5, 0.6) is 0 Å². The van der Waals surface area contributed by atoms with Crippen molar-refractivity contribution in [1.29, 1.82) is 0 Å². The predicted octanol–water partition coefficient (Wildman–Crippen LogP) is 4.90. The monoisotopic (exact) mass is 403 g/mol. The molecule has 1 N–H and O–H groups in total. The van der Waals surface area contributed by atoms with Crippen LogP contribution in [0.1, 0.15) is 22.7 Å². The Kier molecular flexibility index (Phi) is 5.41. The largest absolute Gasteiger partial charge is 0.313 e. The second-order valence-corrected chi connectivity index (χ2v) is 6.25. The van der Waals surface area contributed by atoms with Crippen molar-refractivity contribution in [1.82, 2.24) is 5.32 Å². The number of hydrogen-bond acceptors (Lipinski definition) is 1. The Morgan fingerprint density at radius 1 is 1.30 bits per heavy atom. The van der Waals surface area contributed by atoms with E-state index < -0.39 is 0 Å². The smallest absolute Gasteiger partial charge is 0.124 e. The van der Waals surface area contributed by atoms with Crippen molar-refractivity contribution in [2.24, 2.45) is 0 Å². The molecule has 0 aliphatic rings. The van der Waals surface area contributed by atoms with E-state index in [0.29, 0.717) is 5.02 Å². The SMILES string of the molecule is CNC(Cc1ccc(F)cc1Cl)c1cccc(C)c1I. The van der Waals surface area contributed by atoms with Crippen molar-refractivity contribution < 1.29 is 4.39 Å². The van der Waals surface area contributed by atoms with Gasteiger partial charge in [-0.1, -0.05) is 35.9 Å². The Bertz CT molecular complexity index is 615. The van der Waals surface area contributed by atoms with Crippen molar-refractivity contribution in [2.75, 3.05) is 7.05 Å². The van der Waals surface area contributed by atoms with Crippen LogP contribution < -0.4 is 5.32 Å². The first-order valence-electron chi connectivity index (χ1n) is 6.39.